The maximum atomic E-state index is 12.7. The van der Waals surface area contributed by atoms with Gasteiger partial charge in [0.2, 0.25) is 0 Å². The fourth-order valence-corrected chi connectivity index (χ4v) is 3.04. The number of benzene rings is 3. The molecule has 30 heavy (non-hydrogen) atoms. The lowest BCUT2D eigenvalue weighted by Crippen LogP contribution is -2.30. The van der Waals surface area contributed by atoms with Crippen LogP contribution in [0.15, 0.2) is 60.7 Å². The van der Waals surface area contributed by atoms with Gasteiger partial charge in [0.15, 0.2) is 6.10 Å². The van der Waals surface area contributed by atoms with Crippen LogP contribution in [-0.4, -0.2) is 37.0 Å². The minimum absolute atomic E-state index is 0.0130. The van der Waals surface area contributed by atoms with Crippen LogP contribution in [0, 0.1) is 10.1 Å². The Morgan fingerprint density at radius 3 is 2.47 bits per heavy atom. The Bertz CT molecular complexity index is 1120. The highest BCUT2D eigenvalue weighted by Crippen LogP contribution is 2.26. The first-order valence-corrected chi connectivity index (χ1v) is 9.23. The van der Waals surface area contributed by atoms with Gasteiger partial charge < -0.3 is 15.0 Å². The number of non-ortho nitro benzene ring substituents is 1. The van der Waals surface area contributed by atoms with Crippen molar-refractivity contribution >= 4 is 39.7 Å². The zero-order valence-corrected chi connectivity index (χ0v) is 16.8. The summed E-state index contributed by atoms with van der Waals surface area (Å²) in [4.78, 5) is 37.4. The molecule has 0 spiro atoms. The van der Waals surface area contributed by atoms with Crippen molar-refractivity contribution in [1.82, 2.24) is 0 Å². The summed E-state index contributed by atoms with van der Waals surface area (Å²) in [5.74, 6) is -1.32. The number of esters is 1. The molecular weight excluding hydrogens is 386 g/mol. The van der Waals surface area contributed by atoms with Crippen LogP contribution in [0.2, 0.25) is 0 Å². The molecule has 3 aromatic rings. The predicted molar refractivity (Wildman–Crippen MR) is 115 cm³/mol. The largest absolute Gasteiger partial charge is 0.449 e. The first kappa shape index (κ1) is 20.8. The number of nitrogens with one attached hydrogen (secondary N) is 1. The molecule has 3 rings (SSSR count). The van der Waals surface area contributed by atoms with Gasteiger partial charge in [0.25, 0.3) is 11.6 Å². The highest BCUT2D eigenvalue weighted by molar-refractivity contribution is 6.05. The van der Waals surface area contributed by atoms with Crippen LogP contribution in [0.25, 0.3) is 10.8 Å². The molecule has 1 atom stereocenters. The van der Waals surface area contributed by atoms with Crippen molar-refractivity contribution in [3.8, 4) is 0 Å². The number of carbonyl (C=O) groups excluding carboxylic acids is 2. The second-order valence-electron chi connectivity index (χ2n) is 6.92. The lowest BCUT2D eigenvalue weighted by atomic mass is 10.1. The number of hydrogen-bond acceptors (Lipinski definition) is 6. The number of nitro groups is 1. The highest BCUT2D eigenvalue weighted by atomic mass is 16.6. The van der Waals surface area contributed by atoms with Crippen molar-refractivity contribution in [1.29, 1.82) is 0 Å². The fraction of sp³-hybridized carbons (Fsp3) is 0.182. The van der Waals surface area contributed by atoms with Crippen LogP contribution < -0.4 is 10.2 Å². The number of carbonyl (C=O) groups is 2. The van der Waals surface area contributed by atoms with Crippen LogP contribution in [-0.2, 0) is 9.53 Å². The monoisotopic (exact) mass is 407 g/mol. The van der Waals surface area contributed by atoms with Crippen molar-refractivity contribution < 1.29 is 19.2 Å². The quantitative estimate of drug-likeness (QED) is 0.376. The Hall–Kier alpha value is -3.94. The predicted octanol–water partition coefficient (Wildman–Crippen LogP) is 4.00. The van der Waals surface area contributed by atoms with Crippen LogP contribution >= 0.6 is 0 Å². The van der Waals surface area contributed by atoms with E-state index in [9.17, 15) is 19.7 Å². The molecular formula is C22H21N3O5. The van der Waals surface area contributed by atoms with E-state index in [-0.39, 0.29) is 11.3 Å². The summed E-state index contributed by atoms with van der Waals surface area (Å²) in [6.07, 6.45) is -1.11. The van der Waals surface area contributed by atoms with Crippen LogP contribution in [0.3, 0.4) is 0 Å². The van der Waals surface area contributed by atoms with E-state index in [4.69, 9.17) is 4.74 Å². The molecule has 8 nitrogen and oxygen atoms in total. The van der Waals surface area contributed by atoms with Crippen LogP contribution in [0.5, 0.6) is 0 Å². The molecule has 0 aromatic heterocycles. The minimum Gasteiger partial charge on any atom is -0.449 e. The summed E-state index contributed by atoms with van der Waals surface area (Å²) in [5.41, 5.74) is 0.831. The number of hydrogen-bond donors (Lipinski definition) is 1. The third-order valence-electron chi connectivity index (χ3n) is 4.59. The van der Waals surface area contributed by atoms with E-state index < -0.39 is 22.9 Å². The van der Waals surface area contributed by atoms with Gasteiger partial charge in [0.05, 0.1) is 16.2 Å². The molecule has 0 unspecified atom stereocenters. The summed E-state index contributed by atoms with van der Waals surface area (Å²) in [5, 5.41) is 15.7. The molecule has 8 heteroatoms. The molecule has 0 radical (unpaired) electrons. The van der Waals surface area contributed by atoms with Crippen molar-refractivity contribution in [2.24, 2.45) is 0 Å². The molecule has 154 valence electrons. The zero-order valence-electron chi connectivity index (χ0n) is 16.8. The molecule has 0 aliphatic heterocycles. The molecule has 0 bridgehead atoms. The second-order valence-corrected chi connectivity index (χ2v) is 6.92. The van der Waals surface area contributed by atoms with E-state index in [0.29, 0.717) is 11.4 Å². The summed E-state index contributed by atoms with van der Waals surface area (Å²) in [6.45, 7) is 1.45. The van der Waals surface area contributed by atoms with E-state index in [2.05, 4.69) is 5.32 Å². The summed E-state index contributed by atoms with van der Waals surface area (Å²) >= 11 is 0. The van der Waals surface area contributed by atoms with Gasteiger partial charge in [-0.05, 0) is 24.4 Å². The number of amides is 1. The fourth-order valence-electron chi connectivity index (χ4n) is 3.04. The third kappa shape index (κ3) is 4.38. The Balaban J connectivity index is 1.79. The van der Waals surface area contributed by atoms with Crippen LogP contribution in [0.4, 0.5) is 17.1 Å². The Morgan fingerprint density at radius 2 is 1.77 bits per heavy atom. The first-order chi connectivity index (χ1) is 14.3. The molecule has 0 fully saturated rings. The SMILES string of the molecule is C[C@H](OC(=O)c1cc([N+](=O)[O-])ccc1N(C)C)C(=O)Nc1cccc2ccccc12. The summed E-state index contributed by atoms with van der Waals surface area (Å²) < 4.78 is 5.31. The van der Waals surface area contributed by atoms with E-state index in [1.165, 1.54) is 19.1 Å². The molecule has 0 aliphatic rings. The van der Waals surface area contributed by atoms with E-state index in [0.717, 1.165) is 16.8 Å². The van der Waals surface area contributed by atoms with E-state index >= 15 is 0 Å². The molecule has 1 N–H and O–H groups in total. The second kappa shape index (κ2) is 8.60. The van der Waals surface area contributed by atoms with Crippen molar-refractivity contribution in [3.63, 3.8) is 0 Å². The van der Waals surface area contributed by atoms with Crippen LogP contribution in [0.1, 0.15) is 17.3 Å². The van der Waals surface area contributed by atoms with E-state index in [1.807, 2.05) is 36.4 Å². The average Bonchev–Trinajstić information content (AvgIpc) is 2.73. The summed E-state index contributed by atoms with van der Waals surface area (Å²) in [6, 6.07) is 17.0. The lowest BCUT2D eigenvalue weighted by Gasteiger charge is -2.18. The normalized spacial score (nSPS) is 11.6. The van der Waals surface area contributed by atoms with Crippen molar-refractivity contribution in [3.05, 3.63) is 76.3 Å². The number of ether oxygens (including phenoxy) is 1. The number of anilines is 2. The van der Waals surface area contributed by atoms with Gasteiger partial charge in [-0.2, -0.15) is 0 Å². The number of rotatable bonds is 6. The lowest BCUT2D eigenvalue weighted by molar-refractivity contribution is -0.384. The highest BCUT2D eigenvalue weighted by Gasteiger charge is 2.24. The van der Waals surface area contributed by atoms with Crippen molar-refractivity contribution in [2.45, 2.75) is 13.0 Å². The third-order valence-corrected chi connectivity index (χ3v) is 4.59. The molecule has 0 heterocycles. The zero-order chi connectivity index (χ0) is 21.8. The van der Waals surface area contributed by atoms with Gasteiger partial charge in [0, 0.05) is 37.3 Å². The standard InChI is InChI=1S/C22H21N3O5/c1-14(21(26)23-19-10-6-8-15-7-4-5-9-17(15)19)30-22(27)18-13-16(25(28)29)11-12-20(18)24(2)3/h4-14H,1-3H3,(H,23,26)/t14-/m0/s1. The average molecular weight is 407 g/mol. The topological polar surface area (TPSA) is 102 Å². The Labute approximate surface area is 173 Å². The van der Waals surface area contributed by atoms with Gasteiger partial charge in [-0.15, -0.1) is 0 Å². The van der Waals surface area contributed by atoms with Gasteiger partial charge in [0.1, 0.15) is 0 Å². The number of nitro benzene ring substituents is 1. The first-order valence-electron chi connectivity index (χ1n) is 9.23. The smallest absolute Gasteiger partial charge is 0.341 e. The molecule has 1 amide bonds. The molecule has 3 aromatic carbocycles. The number of fused-ring (bicyclic) bond motifs is 1. The Kier molecular flexibility index (Phi) is 5.96. The molecule has 0 saturated carbocycles. The molecule has 0 saturated heterocycles. The summed E-state index contributed by atoms with van der Waals surface area (Å²) in [7, 11) is 3.41. The number of nitrogens with zero attached hydrogens (tertiary/aromatic N) is 2. The van der Waals surface area contributed by atoms with Gasteiger partial charge in [-0.25, -0.2) is 4.79 Å². The minimum atomic E-state index is -1.11. The van der Waals surface area contributed by atoms with Crippen molar-refractivity contribution in [2.75, 3.05) is 24.3 Å². The molecule has 0 aliphatic carbocycles. The van der Waals surface area contributed by atoms with Gasteiger partial charge in [-0.1, -0.05) is 36.4 Å². The maximum Gasteiger partial charge on any atom is 0.341 e. The van der Waals surface area contributed by atoms with E-state index in [1.54, 1.807) is 25.1 Å². The Morgan fingerprint density at radius 1 is 1.07 bits per heavy atom. The maximum absolute atomic E-state index is 12.7. The van der Waals surface area contributed by atoms with Gasteiger partial charge >= 0.3 is 5.97 Å². The van der Waals surface area contributed by atoms with Gasteiger partial charge in [-0.3, -0.25) is 14.9 Å².